The summed E-state index contributed by atoms with van der Waals surface area (Å²) in [5.41, 5.74) is -0.227. The van der Waals surface area contributed by atoms with Crippen molar-refractivity contribution in [2.24, 2.45) is 18.4 Å². The summed E-state index contributed by atoms with van der Waals surface area (Å²) in [5.74, 6) is 1.21. The Labute approximate surface area is 160 Å². The van der Waals surface area contributed by atoms with Crippen molar-refractivity contribution >= 4 is 35.1 Å². The fourth-order valence-corrected chi connectivity index (χ4v) is 3.68. The fourth-order valence-electron chi connectivity index (χ4n) is 3.68. The molecule has 0 bridgehead atoms. The van der Waals surface area contributed by atoms with Gasteiger partial charge in [-0.2, -0.15) is 10.4 Å². The second-order valence-electron chi connectivity index (χ2n) is 7.06. The van der Waals surface area contributed by atoms with Crippen LogP contribution in [-0.4, -0.2) is 38.4 Å². The van der Waals surface area contributed by atoms with E-state index >= 15 is 0 Å². The van der Waals surface area contributed by atoms with E-state index in [-0.39, 0.29) is 11.8 Å². The van der Waals surface area contributed by atoms with Crippen LogP contribution in [0, 0.1) is 22.7 Å². The Morgan fingerprint density at radius 2 is 2.18 bits per heavy atom. The van der Waals surface area contributed by atoms with Gasteiger partial charge in [-0.15, -0.1) is 0 Å². The van der Waals surface area contributed by atoms with Gasteiger partial charge in [0, 0.05) is 37.6 Å². The summed E-state index contributed by atoms with van der Waals surface area (Å²) in [5, 5.41) is 27.9. The third-order valence-corrected chi connectivity index (χ3v) is 5.26. The van der Waals surface area contributed by atoms with E-state index in [0.717, 1.165) is 12.8 Å². The van der Waals surface area contributed by atoms with Crippen molar-refractivity contribution in [3.8, 4) is 6.07 Å². The lowest BCUT2D eigenvalue weighted by Gasteiger charge is -2.21. The quantitative estimate of drug-likeness (QED) is 0.723. The minimum atomic E-state index is -1.18. The molecule has 10 heteroatoms. The van der Waals surface area contributed by atoms with E-state index in [0.29, 0.717) is 36.1 Å². The van der Waals surface area contributed by atoms with E-state index < -0.39 is 11.5 Å². The molecule has 0 radical (unpaired) electrons. The Bertz CT molecular complexity index is 991. The molecule has 1 aliphatic heterocycles. The highest BCUT2D eigenvalue weighted by molar-refractivity contribution is 6.02. The number of nitriles is 1. The standard InChI is InChI=1S/C18H19N7O3/c1-24-15(22-17(27)28)9-14(23-24)21-13-8-12(4-6-20-13)25-7-5-18(10-19,16(25)26)11-2-3-11/h4,6,8-9,11,22H,2-3,5,7H2,1H3,(H,27,28)(H,20,21,23)/t18-/m1/s1. The summed E-state index contributed by atoms with van der Waals surface area (Å²) in [6.45, 7) is 0.503. The minimum Gasteiger partial charge on any atom is -0.465 e. The molecule has 2 aliphatic rings. The molecular weight excluding hydrogens is 362 g/mol. The minimum absolute atomic E-state index is 0.138. The number of amides is 2. The van der Waals surface area contributed by atoms with Crippen molar-refractivity contribution < 1.29 is 14.7 Å². The second-order valence-corrected chi connectivity index (χ2v) is 7.06. The fraction of sp³-hybridized carbons (Fsp3) is 0.389. The van der Waals surface area contributed by atoms with Gasteiger partial charge in [0.2, 0.25) is 5.91 Å². The molecule has 4 rings (SSSR count). The lowest BCUT2D eigenvalue weighted by Crippen LogP contribution is -2.35. The van der Waals surface area contributed by atoms with Gasteiger partial charge in [0.25, 0.3) is 0 Å². The van der Waals surface area contributed by atoms with Gasteiger partial charge >= 0.3 is 6.09 Å². The predicted octanol–water partition coefficient (Wildman–Crippen LogP) is 2.31. The number of carboxylic acid groups (broad SMARTS) is 1. The molecule has 2 amide bonds. The summed E-state index contributed by atoms with van der Waals surface area (Å²) in [6.07, 6.45) is 2.81. The number of nitrogens with one attached hydrogen (secondary N) is 2. The maximum Gasteiger partial charge on any atom is 0.410 e. The highest BCUT2D eigenvalue weighted by atomic mass is 16.4. The molecular formula is C18H19N7O3. The number of nitrogens with zero attached hydrogens (tertiary/aromatic N) is 5. The Morgan fingerprint density at radius 3 is 2.86 bits per heavy atom. The monoisotopic (exact) mass is 381 g/mol. The predicted molar refractivity (Wildman–Crippen MR) is 100 cm³/mol. The highest BCUT2D eigenvalue weighted by Gasteiger charge is 2.56. The zero-order valence-corrected chi connectivity index (χ0v) is 15.2. The van der Waals surface area contributed by atoms with Crippen LogP contribution in [0.4, 0.5) is 27.9 Å². The van der Waals surface area contributed by atoms with E-state index in [1.807, 2.05) is 0 Å². The van der Waals surface area contributed by atoms with E-state index in [2.05, 4.69) is 26.8 Å². The van der Waals surface area contributed by atoms with Gasteiger partial charge in [-0.3, -0.25) is 14.8 Å². The van der Waals surface area contributed by atoms with Gasteiger partial charge in [-0.25, -0.2) is 9.78 Å². The molecule has 0 spiro atoms. The Balaban J connectivity index is 1.54. The molecule has 1 saturated carbocycles. The molecule has 2 aromatic rings. The van der Waals surface area contributed by atoms with Gasteiger partial charge in [-0.1, -0.05) is 0 Å². The van der Waals surface area contributed by atoms with Crippen LogP contribution < -0.4 is 15.5 Å². The van der Waals surface area contributed by atoms with Gasteiger partial charge < -0.3 is 15.3 Å². The Hall–Kier alpha value is -3.61. The lowest BCUT2D eigenvalue weighted by molar-refractivity contribution is -0.123. The van der Waals surface area contributed by atoms with E-state index in [4.69, 9.17) is 5.11 Å². The SMILES string of the molecule is Cn1nc(Nc2cc(N3CC[C@@](C#N)(C4CC4)C3=O)ccn2)cc1NC(=O)O. The molecule has 3 N–H and O–H groups in total. The van der Waals surface area contributed by atoms with E-state index in [1.54, 1.807) is 30.3 Å². The number of aryl methyl sites for hydroxylation is 1. The first kappa shape index (κ1) is 17.8. The third kappa shape index (κ3) is 3.00. The average Bonchev–Trinajstić information content (AvgIpc) is 3.38. The number of hydrogen-bond acceptors (Lipinski definition) is 6. The highest BCUT2D eigenvalue weighted by Crippen LogP contribution is 2.51. The van der Waals surface area contributed by atoms with Gasteiger partial charge in [-0.05, 0) is 31.2 Å². The Morgan fingerprint density at radius 1 is 1.39 bits per heavy atom. The van der Waals surface area contributed by atoms with Gasteiger partial charge in [0.15, 0.2) is 5.82 Å². The van der Waals surface area contributed by atoms with Crippen LogP contribution in [0.1, 0.15) is 19.3 Å². The van der Waals surface area contributed by atoms with Crippen molar-refractivity contribution in [1.82, 2.24) is 14.8 Å². The molecule has 10 nitrogen and oxygen atoms in total. The third-order valence-electron chi connectivity index (χ3n) is 5.26. The second kappa shape index (κ2) is 6.53. The van der Waals surface area contributed by atoms with Crippen molar-refractivity contribution in [1.29, 1.82) is 5.26 Å². The number of carbonyl (C=O) groups is 2. The van der Waals surface area contributed by atoms with Crippen LogP contribution >= 0.6 is 0 Å². The van der Waals surface area contributed by atoms with Gasteiger partial charge in [0.05, 0.1) is 6.07 Å². The zero-order valence-electron chi connectivity index (χ0n) is 15.2. The normalized spacial score (nSPS) is 21.4. The summed E-state index contributed by atoms with van der Waals surface area (Å²) in [4.78, 5) is 29.6. The summed E-state index contributed by atoms with van der Waals surface area (Å²) in [6, 6.07) is 7.27. The zero-order chi connectivity index (χ0) is 19.9. The molecule has 1 saturated heterocycles. The maximum atomic E-state index is 12.9. The number of aromatic nitrogens is 3. The summed E-state index contributed by atoms with van der Waals surface area (Å²) >= 11 is 0. The molecule has 144 valence electrons. The molecule has 2 aromatic heterocycles. The topological polar surface area (TPSA) is 136 Å². The van der Waals surface area contributed by atoms with Crippen LogP contribution in [0.25, 0.3) is 0 Å². The number of anilines is 4. The van der Waals surface area contributed by atoms with Crippen molar-refractivity contribution in [3.05, 3.63) is 24.4 Å². The summed E-state index contributed by atoms with van der Waals surface area (Å²) in [7, 11) is 1.61. The van der Waals surface area contributed by atoms with Gasteiger partial charge in [0.1, 0.15) is 17.1 Å². The first-order valence-electron chi connectivity index (χ1n) is 8.93. The first-order chi connectivity index (χ1) is 13.4. The first-order valence-corrected chi connectivity index (χ1v) is 8.93. The molecule has 0 aromatic carbocycles. The molecule has 2 fully saturated rings. The van der Waals surface area contributed by atoms with Crippen LogP contribution in [-0.2, 0) is 11.8 Å². The van der Waals surface area contributed by atoms with Crippen molar-refractivity contribution in [2.45, 2.75) is 19.3 Å². The average molecular weight is 381 g/mol. The molecule has 3 heterocycles. The number of carbonyl (C=O) groups excluding carboxylic acids is 1. The van der Waals surface area contributed by atoms with Crippen LogP contribution in [0.5, 0.6) is 0 Å². The van der Waals surface area contributed by atoms with Crippen molar-refractivity contribution in [2.75, 3.05) is 22.1 Å². The lowest BCUT2D eigenvalue weighted by atomic mass is 9.83. The molecule has 1 atom stereocenters. The number of hydrogen-bond donors (Lipinski definition) is 3. The van der Waals surface area contributed by atoms with E-state index in [9.17, 15) is 14.9 Å². The van der Waals surface area contributed by atoms with Crippen LogP contribution in [0.3, 0.4) is 0 Å². The summed E-state index contributed by atoms with van der Waals surface area (Å²) < 4.78 is 1.39. The molecule has 0 unspecified atom stereocenters. The smallest absolute Gasteiger partial charge is 0.410 e. The largest absolute Gasteiger partial charge is 0.465 e. The van der Waals surface area contributed by atoms with E-state index in [1.165, 1.54) is 10.7 Å². The van der Waals surface area contributed by atoms with Crippen LogP contribution in [0.2, 0.25) is 0 Å². The number of rotatable bonds is 5. The maximum absolute atomic E-state index is 12.9. The molecule has 1 aliphatic carbocycles. The van der Waals surface area contributed by atoms with Crippen molar-refractivity contribution in [3.63, 3.8) is 0 Å². The molecule has 28 heavy (non-hydrogen) atoms. The van der Waals surface area contributed by atoms with Crippen LogP contribution in [0.15, 0.2) is 24.4 Å². The Kier molecular flexibility index (Phi) is 4.15. The number of pyridine rings is 1.